The lowest BCUT2D eigenvalue weighted by Gasteiger charge is -2.26. The zero-order valence-electron chi connectivity index (χ0n) is 17.7. The number of hydrogen-bond acceptors (Lipinski definition) is 5. The molecule has 168 valence electrons. The van der Waals surface area contributed by atoms with E-state index in [-0.39, 0.29) is 4.90 Å². The summed E-state index contributed by atoms with van der Waals surface area (Å²) in [5.41, 5.74) is 1.82. The maximum Gasteiger partial charge on any atom is 0.248 e. The van der Waals surface area contributed by atoms with E-state index in [1.165, 1.54) is 22.5 Å². The van der Waals surface area contributed by atoms with Crippen LogP contribution in [0.5, 0.6) is 0 Å². The van der Waals surface area contributed by atoms with E-state index in [9.17, 15) is 13.2 Å². The predicted molar refractivity (Wildman–Crippen MR) is 121 cm³/mol. The first-order chi connectivity index (χ1) is 14.8. The fourth-order valence-electron chi connectivity index (χ4n) is 3.23. The van der Waals surface area contributed by atoms with Crippen molar-refractivity contribution in [2.75, 3.05) is 31.6 Å². The number of benzene rings is 1. The fraction of sp³-hybridized carbons (Fsp3) is 0.429. The molecule has 0 bridgehead atoms. The van der Waals surface area contributed by atoms with Gasteiger partial charge in [0, 0.05) is 37.0 Å². The number of rotatable bonds is 8. The van der Waals surface area contributed by atoms with Crippen molar-refractivity contribution in [1.82, 2.24) is 14.1 Å². The Balaban J connectivity index is 1.70. The number of sulfonamides is 1. The first kappa shape index (κ1) is 23.5. The molecular weight excluding hydrogens is 440 g/mol. The molecule has 1 aromatic heterocycles. The van der Waals surface area contributed by atoms with Crippen molar-refractivity contribution in [3.05, 3.63) is 46.8 Å². The first-order valence-corrected chi connectivity index (χ1v) is 12.0. The van der Waals surface area contributed by atoms with Gasteiger partial charge < -0.3 is 10.1 Å². The molecule has 2 aromatic rings. The average molecular weight is 467 g/mol. The molecule has 0 aliphatic carbocycles. The number of ether oxygens (including phenoxy) is 1. The largest absolute Gasteiger partial charge is 0.379 e. The van der Waals surface area contributed by atoms with E-state index in [1.54, 1.807) is 22.9 Å². The van der Waals surface area contributed by atoms with Crippen LogP contribution in [-0.2, 0) is 26.1 Å². The Labute approximate surface area is 187 Å². The highest BCUT2D eigenvalue weighted by Crippen LogP contribution is 2.23. The summed E-state index contributed by atoms with van der Waals surface area (Å²) in [7, 11) is -3.64. The molecule has 1 N–H and O–H groups in total. The second-order valence-corrected chi connectivity index (χ2v) is 9.53. The normalized spacial score (nSPS) is 15.5. The Morgan fingerprint density at radius 2 is 2.06 bits per heavy atom. The minimum absolute atomic E-state index is 0.132. The van der Waals surface area contributed by atoms with E-state index >= 15 is 0 Å². The van der Waals surface area contributed by atoms with Gasteiger partial charge in [0.2, 0.25) is 15.9 Å². The summed E-state index contributed by atoms with van der Waals surface area (Å²) in [4.78, 5) is 12.5. The van der Waals surface area contributed by atoms with E-state index in [4.69, 9.17) is 16.3 Å². The number of aromatic nitrogens is 2. The number of carbonyl (C=O) groups is 1. The van der Waals surface area contributed by atoms with Crippen molar-refractivity contribution in [3.8, 4) is 0 Å². The lowest BCUT2D eigenvalue weighted by molar-refractivity contribution is -0.111. The van der Waals surface area contributed by atoms with Crippen LogP contribution in [0, 0.1) is 6.92 Å². The topological polar surface area (TPSA) is 93.5 Å². The van der Waals surface area contributed by atoms with Crippen LogP contribution in [-0.4, -0.2) is 54.7 Å². The van der Waals surface area contributed by atoms with Gasteiger partial charge in [0.05, 0.1) is 23.8 Å². The summed E-state index contributed by atoms with van der Waals surface area (Å²) < 4.78 is 34.0. The van der Waals surface area contributed by atoms with E-state index in [0.29, 0.717) is 42.7 Å². The van der Waals surface area contributed by atoms with Gasteiger partial charge in [-0.1, -0.05) is 31.0 Å². The number of carbonyl (C=O) groups excluding carboxylic acids is 1. The summed E-state index contributed by atoms with van der Waals surface area (Å²) in [6, 6.07) is 6.22. The molecule has 1 fully saturated rings. The predicted octanol–water partition coefficient (Wildman–Crippen LogP) is 3.32. The van der Waals surface area contributed by atoms with Crippen molar-refractivity contribution in [2.45, 2.75) is 38.1 Å². The molecule has 1 aromatic carbocycles. The number of hydrogen-bond donors (Lipinski definition) is 1. The highest BCUT2D eigenvalue weighted by molar-refractivity contribution is 7.89. The fourth-order valence-corrected chi connectivity index (χ4v) is 5.00. The number of morpholine rings is 1. The van der Waals surface area contributed by atoms with Crippen molar-refractivity contribution >= 4 is 39.3 Å². The summed E-state index contributed by atoms with van der Waals surface area (Å²) >= 11 is 6.39. The number of halogens is 1. The number of nitrogens with zero attached hydrogens (tertiary/aromatic N) is 3. The molecule has 2 heterocycles. The molecule has 1 aliphatic rings. The maximum atomic E-state index is 12.8. The quantitative estimate of drug-likeness (QED) is 0.602. The van der Waals surface area contributed by atoms with E-state index in [0.717, 1.165) is 25.1 Å². The number of nitrogens with one attached hydrogen (secondary N) is 1. The molecule has 1 aliphatic heterocycles. The van der Waals surface area contributed by atoms with Crippen LogP contribution in [0.2, 0.25) is 5.15 Å². The Morgan fingerprint density at radius 1 is 1.32 bits per heavy atom. The average Bonchev–Trinajstić information content (AvgIpc) is 3.04. The first-order valence-electron chi connectivity index (χ1n) is 10.2. The highest BCUT2D eigenvalue weighted by Gasteiger charge is 2.26. The maximum absolute atomic E-state index is 12.8. The molecule has 0 saturated carbocycles. The number of amides is 1. The Bertz CT molecular complexity index is 1060. The van der Waals surface area contributed by atoms with Crippen molar-refractivity contribution in [1.29, 1.82) is 0 Å². The summed E-state index contributed by atoms with van der Waals surface area (Å²) in [5.74, 6) is -0.391. The Kier molecular flexibility index (Phi) is 7.88. The van der Waals surface area contributed by atoms with Gasteiger partial charge in [-0.2, -0.15) is 9.40 Å². The number of anilines is 1. The smallest absolute Gasteiger partial charge is 0.248 e. The zero-order chi connectivity index (χ0) is 22.4. The van der Waals surface area contributed by atoms with Gasteiger partial charge in [0.1, 0.15) is 5.15 Å². The number of unbranched alkanes of at least 4 members (excludes halogenated alkanes) is 1. The minimum atomic E-state index is -3.64. The molecule has 0 spiro atoms. The van der Waals surface area contributed by atoms with Crippen LogP contribution < -0.4 is 5.32 Å². The highest BCUT2D eigenvalue weighted by atomic mass is 35.5. The zero-order valence-corrected chi connectivity index (χ0v) is 19.2. The van der Waals surface area contributed by atoms with Gasteiger partial charge >= 0.3 is 0 Å². The molecule has 0 unspecified atom stereocenters. The molecule has 1 saturated heterocycles. The van der Waals surface area contributed by atoms with Gasteiger partial charge in [-0.25, -0.2) is 8.42 Å². The molecule has 31 heavy (non-hydrogen) atoms. The SMILES string of the molecule is CCCCn1nc(C)c(/C=C/C(=O)Nc2cccc(S(=O)(=O)N3CCOCC3)c2)c1Cl. The second-order valence-electron chi connectivity index (χ2n) is 7.23. The van der Waals surface area contributed by atoms with Gasteiger partial charge in [0.15, 0.2) is 0 Å². The van der Waals surface area contributed by atoms with Crippen LogP contribution in [0.1, 0.15) is 31.0 Å². The van der Waals surface area contributed by atoms with E-state index in [2.05, 4.69) is 17.3 Å². The second kappa shape index (κ2) is 10.4. The van der Waals surface area contributed by atoms with Crippen LogP contribution in [0.25, 0.3) is 6.08 Å². The van der Waals surface area contributed by atoms with E-state index < -0.39 is 15.9 Å². The van der Waals surface area contributed by atoms with Gasteiger partial charge in [-0.05, 0) is 37.6 Å². The third-order valence-corrected chi connectivity index (χ3v) is 7.24. The van der Waals surface area contributed by atoms with Gasteiger partial charge in [-0.3, -0.25) is 9.48 Å². The van der Waals surface area contributed by atoms with Crippen LogP contribution >= 0.6 is 11.6 Å². The summed E-state index contributed by atoms with van der Waals surface area (Å²) in [5, 5.41) is 7.61. The van der Waals surface area contributed by atoms with Crippen molar-refractivity contribution in [2.24, 2.45) is 0 Å². The molecule has 0 atom stereocenters. The van der Waals surface area contributed by atoms with E-state index in [1.807, 2.05) is 6.92 Å². The molecule has 10 heteroatoms. The van der Waals surface area contributed by atoms with Crippen LogP contribution in [0.15, 0.2) is 35.2 Å². The Morgan fingerprint density at radius 3 is 2.77 bits per heavy atom. The molecule has 3 rings (SSSR count). The van der Waals surface area contributed by atoms with Crippen LogP contribution in [0.3, 0.4) is 0 Å². The molecular formula is C21H27ClN4O4S. The van der Waals surface area contributed by atoms with Gasteiger partial charge in [0.25, 0.3) is 0 Å². The Hall–Kier alpha value is -2.20. The monoisotopic (exact) mass is 466 g/mol. The lowest BCUT2D eigenvalue weighted by Crippen LogP contribution is -2.40. The molecule has 8 nitrogen and oxygen atoms in total. The minimum Gasteiger partial charge on any atom is -0.379 e. The summed E-state index contributed by atoms with van der Waals surface area (Å²) in [6.07, 6.45) is 4.98. The van der Waals surface area contributed by atoms with Crippen molar-refractivity contribution < 1.29 is 17.9 Å². The van der Waals surface area contributed by atoms with Gasteiger partial charge in [-0.15, -0.1) is 0 Å². The lowest BCUT2D eigenvalue weighted by atomic mass is 10.2. The molecule has 1 amide bonds. The standard InChI is InChI=1S/C21H27ClN4O4S/c1-3-4-10-26-21(22)19(16(2)24-26)8-9-20(27)23-17-6-5-7-18(15-17)31(28,29)25-11-13-30-14-12-25/h5-9,15H,3-4,10-14H2,1-2H3,(H,23,27)/b9-8+. The molecule has 0 radical (unpaired) electrons. The van der Waals surface area contributed by atoms with Crippen molar-refractivity contribution in [3.63, 3.8) is 0 Å². The van der Waals surface area contributed by atoms with Crippen LogP contribution in [0.4, 0.5) is 5.69 Å². The summed E-state index contributed by atoms with van der Waals surface area (Å²) in [6.45, 7) is 6.03. The number of aryl methyl sites for hydroxylation is 2. The third-order valence-electron chi connectivity index (χ3n) is 4.94. The third kappa shape index (κ3) is 5.74.